The molecule has 4 aromatic rings. The second kappa shape index (κ2) is 25.1. The number of aliphatic carboxylic acids is 1. The smallest absolute Gasteiger partial charge is 0.303 e. The van der Waals surface area contributed by atoms with Gasteiger partial charge in [0.2, 0.25) is 5.91 Å². The van der Waals surface area contributed by atoms with E-state index in [2.05, 4.69) is 30.2 Å². The number of thiophene rings is 1. The topological polar surface area (TPSA) is 143 Å². The van der Waals surface area contributed by atoms with Gasteiger partial charge in [0.25, 0.3) is 0 Å². The number of ketones is 1. The van der Waals surface area contributed by atoms with Crippen molar-refractivity contribution in [3.63, 3.8) is 0 Å². The Hall–Kier alpha value is -4.20. The van der Waals surface area contributed by atoms with Gasteiger partial charge in [0, 0.05) is 42.6 Å². The number of nitrogens with one attached hydrogen (secondary N) is 1. The zero-order chi connectivity index (χ0) is 40.0. The Morgan fingerprint density at radius 3 is 2.14 bits per heavy atom. The number of unbranched alkanes of at least 4 members (excludes halogenated alkanes) is 1. The van der Waals surface area contributed by atoms with Crippen LogP contribution < -0.4 is 10.1 Å². The normalized spacial score (nSPS) is 11.9. The number of amides is 1. The van der Waals surface area contributed by atoms with E-state index in [4.69, 9.17) is 23.7 Å². The highest BCUT2D eigenvalue weighted by atomic mass is 32.1. The number of pyridine rings is 1. The van der Waals surface area contributed by atoms with E-state index >= 15 is 0 Å². The molecule has 0 unspecified atom stereocenters. The van der Waals surface area contributed by atoms with Crippen LogP contribution in [0.1, 0.15) is 75.1 Å². The summed E-state index contributed by atoms with van der Waals surface area (Å²) in [6.07, 6.45) is 5.31. The average molecular weight is 791 g/mol. The van der Waals surface area contributed by atoms with Gasteiger partial charge in [0.05, 0.1) is 63.9 Å². The van der Waals surface area contributed by atoms with Gasteiger partial charge in [-0.25, -0.2) is 0 Å². The maximum Gasteiger partial charge on any atom is 0.303 e. The van der Waals surface area contributed by atoms with E-state index in [0.717, 1.165) is 69.7 Å². The summed E-state index contributed by atoms with van der Waals surface area (Å²) in [5, 5.41) is 15.4. The van der Waals surface area contributed by atoms with Crippen LogP contribution in [0.25, 0.3) is 21.2 Å². The number of hydrogen-bond donors (Lipinski definition) is 2. The van der Waals surface area contributed by atoms with Crippen LogP contribution in [-0.4, -0.2) is 93.8 Å². The monoisotopic (exact) mass is 790 g/mol. The maximum atomic E-state index is 12.9. The Balaban J connectivity index is 1.17. The summed E-state index contributed by atoms with van der Waals surface area (Å²) in [4.78, 5) is 41.4. The van der Waals surface area contributed by atoms with Crippen LogP contribution in [0.2, 0.25) is 0 Å². The lowest BCUT2D eigenvalue weighted by molar-refractivity contribution is -0.137. The molecule has 0 fully saturated rings. The maximum absolute atomic E-state index is 12.9. The molecule has 56 heavy (non-hydrogen) atoms. The zero-order valence-corrected chi connectivity index (χ0v) is 33.9. The van der Waals surface area contributed by atoms with Crippen LogP contribution in [0.5, 0.6) is 5.75 Å². The molecule has 0 aliphatic heterocycles. The number of rotatable bonds is 29. The van der Waals surface area contributed by atoms with Gasteiger partial charge in [-0.2, -0.15) is 0 Å². The van der Waals surface area contributed by atoms with Crippen LogP contribution in [0.15, 0.2) is 66.2 Å². The van der Waals surface area contributed by atoms with E-state index in [-0.39, 0.29) is 31.1 Å². The van der Waals surface area contributed by atoms with Crippen LogP contribution >= 0.6 is 11.3 Å². The molecule has 11 nitrogen and oxygen atoms in total. The van der Waals surface area contributed by atoms with Gasteiger partial charge in [-0.3, -0.25) is 19.4 Å². The second-order valence-corrected chi connectivity index (χ2v) is 15.1. The van der Waals surface area contributed by atoms with Crippen LogP contribution in [0, 0.1) is 12.8 Å². The molecule has 1 amide bonds. The van der Waals surface area contributed by atoms with Crippen molar-refractivity contribution < 1.29 is 43.2 Å². The quantitative estimate of drug-likeness (QED) is 0.0523. The largest absolute Gasteiger partial charge is 0.490 e. The number of ether oxygens (including phenoxy) is 5. The molecule has 2 N–H and O–H groups in total. The van der Waals surface area contributed by atoms with Gasteiger partial charge in [0.15, 0.2) is 5.78 Å². The third-order valence-corrected chi connectivity index (χ3v) is 10.1. The molecule has 0 aliphatic rings. The molecule has 0 spiro atoms. The average Bonchev–Trinajstić information content (AvgIpc) is 3.67. The lowest BCUT2D eigenvalue weighted by Crippen LogP contribution is -2.30. The van der Waals surface area contributed by atoms with Crippen molar-refractivity contribution in [1.29, 1.82) is 0 Å². The first-order valence-electron chi connectivity index (χ1n) is 19.7. The Kier molecular flexibility index (Phi) is 20.0. The number of carboxylic acids is 1. The number of aromatic nitrogens is 1. The molecule has 2 heterocycles. The number of carbonyl (C=O) groups is 3. The SMILES string of the molecule is Cc1ccnc(CCCCC(=O)NCC(=O)C[C@@H](CC(=O)O)c2ccc(-c3ccc(OCCOCCOCCOCCOCCC(C)C)c4sccc34)cc2)c1. The van der Waals surface area contributed by atoms with Crippen LogP contribution in [0.3, 0.4) is 0 Å². The van der Waals surface area contributed by atoms with Crippen molar-refractivity contribution in [2.75, 3.05) is 66.0 Å². The molecule has 4 rings (SSSR count). The number of fused-ring (bicyclic) bond motifs is 1. The van der Waals surface area contributed by atoms with Crippen molar-refractivity contribution >= 4 is 39.1 Å². The Bertz CT molecular complexity index is 1780. The number of aryl methyl sites for hydroxylation is 2. The summed E-state index contributed by atoms with van der Waals surface area (Å²) in [6, 6.07) is 17.7. The minimum Gasteiger partial charge on any atom is -0.490 e. The van der Waals surface area contributed by atoms with Gasteiger partial charge in [-0.1, -0.05) is 38.1 Å². The number of hydrogen-bond acceptors (Lipinski definition) is 10. The van der Waals surface area contributed by atoms with E-state index < -0.39 is 11.9 Å². The standard InChI is InChI=1S/C44H58N2O9S/c1-32(2)15-18-51-19-20-52-21-22-53-23-24-54-25-26-55-41-13-12-39(40-16-27-56-44(40)41)35-10-8-34(9-11-35)36(30-43(49)50)29-38(47)31-46-42(48)7-5-4-6-37-28-33(3)14-17-45-37/h8-14,16-17,27-28,32,36H,4-7,15,18-26,29-31H2,1-3H3,(H,46,48)(H,49,50)/t36-/m0/s1. The van der Waals surface area contributed by atoms with E-state index in [1.54, 1.807) is 17.5 Å². The van der Waals surface area contributed by atoms with E-state index in [9.17, 15) is 19.5 Å². The minimum absolute atomic E-state index is 0.0204. The summed E-state index contributed by atoms with van der Waals surface area (Å²) < 4.78 is 29.4. The summed E-state index contributed by atoms with van der Waals surface area (Å²) in [5.41, 5.74) is 4.92. The molecule has 0 saturated heterocycles. The third-order valence-electron chi connectivity index (χ3n) is 9.15. The van der Waals surface area contributed by atoms with E-state index in [1.165, 1.54) is 0 Å². The summed E-state index contributed by atoms with van der Waals surface area (Å²) >= 11 is 1.60. The molecule has 0 radical (unpaired) electrons. The highest BCUT2D eigenvalue weighted by Gasteiger charge is 2.20. The minimum atomic E-state index is -0.983. The Morgan fingerprint density at radius 2 is 1.48 bits per heavy atom. The summed E-state index contributed by atoms with van der Waals surface area (Å²) in [7, 11) is 0. The summed E-state index contributed by atoms with van der Waals surface area (Å²) in [5.74, 6) is -0.460. The number of carboxylic acid groups (broad SMARTS) is 1. The van der Waals surface area contributed by atoms with Crippen molar-refractivity contribution in [2.24, 2.45) is 5.92 Å². The number of nitrogens with zero attached hydrogens (tertiary/aromatic N) is 1. The number of benzene rings is 2. The number of Topliss-reactive ketones (excluding diaryl/α,β-unsaturated/α-hetero) is 1. The number of carbonyl (C=O) groups excluding carboxylic acids is 2. The van der Waals surface area contributed by atoms with Gasteiger partial charge in [-0.15, -0.1) is 11.3 Å². The van der Waals surface area contributed by atoms with Crippen molar-refractivity contribution in [3.05, 3.63) is 83.0 Å². The second-order valence-electron chi connectivity index (χ2n) is 14.2. The first kappa shape index (κ1) is 44.5. The Morgan fingerprint density at radius 1 is 0.804 bits per heavy atom. The first-order valence-corrected chi connectivity index (χ1v) is 20.5. The van der Waals surface area contributed by atoms with Gasteiger partial charge in [-0.05, 0) is 96.5 Å². The lowest BCUT2D eigenvalue weighted by Gasteiger charge is -2.16. The molecular weight excluding hydrogens is 733 g/mol. The van der Waals surface area contributed by atoms with Crippen molar-refractivity contribution in [3.8, 4) is 16.9 Å². The highest BCUT2D eigenvalue weighted by Crippen LogP contribution is 2.38. The molecule has 2 aromatic carbocycles. The fourth-order valence-corrected chi connectivity index (χ4v) is 6.99. The molecule has 0 bridgehead atoms. The molecular formula is C44H58N2O9S. The summed E-state index contributed by atoms with van der Waals surface area (Å²) in [6.45, 7) is 11.0. The third kappa shape index (κ3) is 16.5. The van der Waals surface area contributed by atoms with Gasteiger partial charge in [0.1, 0.15) is 12.4 Å². The Labute approximate surface area is 335 Å². The molecule has 12 heteroatoms. The zero-order valence-electron chi connectivity index (χ0n) is 33.1. The fraction of sp³-hybridized carbons (Fsp3) is 0.500. The van der Waals surface area contributed by atoms with Crippen LogP contribution in [0.4, 0.5) is 0 Å². The van der Waals surface area contributed by atoms with Gasteiger partial charge >= 0.3 is 5.97 Å². The van der Waals surface area contributed by atoms with E-state index in [0.29, 0.717) is 71.6 Å². The molecule has 0 aliphatic carbocycles. The predicted molar refractivity (Wildman–Crippen MR) is 220 cm³/mol. The van der Waals surface area contributed by atoms with E-state index in [1.807, 2.05) is 60.8 Å². The molecule has 2 aromatic heterocycles. The first-order chi connectivity index (χ1) is 27.2. The van der Waals surface area contributed by atoms with Crippen molar-refractivity contribution in [2.45, 2.75) is 71.6 Å². The van der Waals surface area contributed by atoms with Gasteiger partial charge < -0.3 is 34.1 Å². The molecule has 304 valence electrons. The highest BCUT2D eigenvalue weighted by molar-refractivity contribution is 7.17. The predicted octanol–water partition coefficient (Wildman–Crippen LogP) is 7.81. The lowest BCUT2D eigenvalue weighted by atomic mass is 9.89. The molecule has 1 atom stereocenters. The fourth-order valence-electron chi connectivity index (χ4n) is 6.11. The van der Waals surface area contributed by atoms with Crippen LogP contribution in [-0.2, 0) is 39.8 Å². The molecule has 0 saturated carbocycles. The van der Waals surface area contributed by atoms with Crippen molar-refractivity contribution in [1.82, 2.24) is 10.3 Å².